The van der Waals surface area contributed by atoms with E-state index in [-0.39, 0.29) is 11.6 Å². The van der Waals surface area contributed by atoms with Crippen LogP contribution in [0.3, 0.4) is 0 Å². The average Bonchev–Trinajstić information content (AvgIpc) is 2.81. The Labute approximate surface area is 187 Å². The summed E-state index contributed by atoms with van der Waals surface area (Å²) in [4.78, 5) is 27.4. The van der Waals surface area contributed by atoms with Crippen LogP contribution in [-0.2, 0) is 6.42 Å². The Hall–Kier alpha value is -3.12. The van der Waals surface area contributed by atoms with Gasteiger partial charge in [0.15, 0.2) is 0 Å². The van der Waals surface area contributed by atoms with Crippen LogP contribution in [0.25, 0.3) is 21.8 Å². The highest BCUT2D eigenvalue weighted by atomic mass is 16.3. The van der Waals surface area contributed by atoms with E-state index in [0.29, 0.717) is 23.2 Å². The van der Waals surface area contributed by atoms with Crippen LogP contribution in [0.5, 0.6) is 0 Å². The monoisotopic (exact) mass is 428 g/mol. The van der Waals surface area contributed by atoms with Gasteiger partial charge in [0.05, 0.1) is 34.9 Å². The van der Waals surface area contributed by atoms with Gasteiger partial charge in [-0.15, -0.1) is 0 Å². The van der Waals surface area contributed by atoms with Gasteiger partial charge >= 0.3 is 0 Å². The molecule has 2 atom stereocenters. The van der Waals surface area contributed by atoms with Crippen LogP contribution >= 0.6 is 0 Å². The molecular weight excluding hydrogens is 400 g/mol. The van der Waals surface area contributed by atoms with Gasteiger partial charge in [-0.1, -0.05) is 32.8 Å². The molecule has 1 aliphatic rings. The SMILES string of the molecule is CC(C)c1ccc(Cc2cc3c(=O)n([C@H]4CCCC[C@@H]4O)cnc3c3cccnc23)cn1. The van der Waals surface area contributed by atoms with Crippen molar-refractivity contribution >= 4 is 21.8 Å². The second-order valence-electron chi connectivity index (χ2n) is 9.13. The van der Waals surface area contributed by atoms with Crippen molar-refractivity contribution in [2.24, 2.45) is 0 Å². The highest BCUT2D eigenvalue weighted by molar-refractivity contribution is 6.04. The van der Waals surface area contributed by atoms with Gasteiger partial charge < -0.3 is 5.11 Å². The summed E-state index contributed by atoms with van der Waals surface area (Å²) in [6.07, 6.45) is 8.94. The number of benzene rings is 1. The standard InChI is InChI=1S/C26H28N4O2/c1-16(2)21-10-9-17(14-28-21)12-18-13-20-25(19-6-5-11-27-24(18)19)29-15-30(26(20)32)22-7-3-4-8-23(22)31/h5-6,9-11,13-16,22-23,31H,3-4,7-8,12H2,1-2H3/t22-,23-/m0/s1. The Kier molecular flexibility index (Phi) is 5.47. The molecule has 1 fully saturated rings. The summed E-state index contributed by atoms with van der Waals surface area (Å²) in [5.74, 6) is 0.381. The zero-order valence-electron chi connectivity index (χ0n) is 18.5. The lowest BCUT2D eigenvalue weighted by molar-refractivity contribution is 0.0735. The molecule has 1 aliphatic carbocycles. The first-order valence-corrected chi connectivity index (χ1v) is 11.4. The number of aromatic nitrogens is 4. The van der Waals surface area contributed by atoms with Gasteiger partial charge in [-0.2, -0.15) is 0 Å². The van der Waals surface area contributed by atoms with E-state index in [9.17, 15) is 9.90 Å². The maximum atomic E-state index is 13.5. The van der Waals surface area contributed by atoms with Crippen molar-refractivity contribution in [1.82, 2.24) is 19.5 Å². The van der Waals surface area contributed by atoms with Gasteiger partial charge in [0.1, 0.15) is 0 Å². The van der Waals surface area contributed by atoms with E-state index >= 15 is 0 Å². The second-order valence-corrected chi connectivity index (χ2v) is 9.13. The Morgan fingerprint density at radius 1 is 1.06 bits per heavy atom. The second kappa shape index (κ2) is 8.43. The summed E-state index contributed by atoms with van der Waals surface area (Å²) in [6, 6.07) is 9.73. The number of pyridine rings is 2. The van der Waals surface area contributed by atoms with E-state index < -0.39 is 6.10 Å². The minimum absolute atomic E-state index is 0.0961. The molecule has 0 bridgehead atoms. The lowest BCUT2D eigenvalue weighted by atomic mass is 9.92. The molecule has 3 heterocycles. The fraction of sp³-hybridized carbons (Fsp3) is 0.385. The zero-order chi connectivity index (χ0) is 22.2. The molecule has 6 nitrogen and oxygen atoms in total. The van der Waals surface area contributed by atoms with Crippen molar-refractivity contribution < 1.29 is 5.11 Å². The molecule has 164 valence electrons. The van der Waals surface area contributed by atoms with Crippen molar-refractivity contribution in [2.75, 3.05) is 0 Å². The van der Waals surface area contributed by atoms with Crippen LogP contribution in [0, 0.1) is 0 Å². The summed E-state index contributed by atoms with van der Waals surface area (Å²) in [6.45, 7) is 4.26. The Balaban J connectivity index is 1.64. The minimum Gasteiger partial charge on any atom is -0.391 e. The maximum Gasteiger partial charge on any atom is 0.261 e. The molecule has 1 N–H and O–H groups in total. The summed E-state index contributed by atoms with van der Waals surface area (Å²) >= 11 is 0. The Bertz CT molecular complexity index is 1330. The van der Waals surface area contributed by atoms with Crippen molar-refractivity contribution in [3.63, 3.8) is 0 Å². The number of hydrogen-bond acceptors (Lipinski definition) is 5. The number of rotatable bonds is 4. The summed E-state index contributed by atoms with van der Waals surface area (Å²) in [5.41, 5.74) is 4.54. The lowest BCUT2D eigenvalue weighted by Crippen LogP contribution is -2.34. The molecule has 1 saturated carbocycles. The van der Waals surface area contributed by atoms with Crippen molar-refractivity contribution in [2.45, 2.75) is 64.0 Å². The maximum absolute atomic E-state index is 13.5. The molecule has 0 unspecified atom stereocenters. The van der Waals surface area contributed by atoms with E-state index in [0.717, 1.165) is 53.4 Å². The highest BCUT2D eigenvalue weighted by Gasteiger charge is 2.26. The Morgan fingerprint density at radius 2 is 1.91 bits per heavy atom. The highest BCUT2D eigenvalue weighted by Crippen LogP contribution is 2.30. The minimum atomic E-state index is -0.507. The van der Waals surface area contributed by atoms with Crippen LogP contribution in [0.1, 0.15) is 68.3 Å². The fourth-order valence-electron chi connectivity index (χ4n) is 4.81. The largest absolute Gasteiger partial charge is 0.391 e. The van der Waals surface area contributed by atoms with Crippen molar-refractivity contribution in [1.29, 1.82) is 0 Å². The average molecular weight is 429 g/mol. The Morgan fingerprint density at radius 3 is 2.66 bits per heavy atom. The van der Waals surface area contributed by atoms with Crippen LogP contribution in [-0.4, -0.2) is 30.7 Å². The molecule has 6 heteroatoms. The molecule has 5 rings (SSSR count). The molecule has 3 aromatic heterocycles. The number of fused-ring (bicyclic) bond motifs is 3. The molecule has 4 aromatic rings. The number of hydrogen-bond donors (Lipinski definition) is 1. The van der Waals surface area contributed by atoms with Gasteiger partial charge in [0.25, 0.3) is 5.56 Å². The van der Waals surface area contributed by atoms with E-state index in [1.807, 2.05) is 24.4 Å². The molecule has 32 heavy (non-hydrogen) atoms. The number of aliphatic hydroxyl groups excluding tert-OH is 1. The third-order valence-electron chi connectivity index (χ3n) is 6.60. The lowest BCUT2D eigenvalue weighted by Gasteiger charge is -2.29. The van der Waals surface area contributed by atoms with Crippen molar-refractivity contribution in [3.8, 4) is 0 Å². The topological polar surface area (TPSA) is 80.9 Å². The first kappa shape index (κ1) is 20.8. The molecule has 1 aromatic carbocycles. The van der Waals surface area contributed by atoms with Crippen molar-refractivity contribution in [3.05, 3.63) is 76.2 Å². The smallest absolute Gasteiger partial charge is 0.261 e. The summed E-state index contributed by atoms with van der Waals surface area (Å²) < 4.78 is 1.64. The predicted molar refractivity (Wildman–Crippen MR) is 126 cm³/mol. The molecular formula is C26H28N4O2. The normalized spacial score (nSPS) is 19.1. The molecule has 0 amide bonds. The summed E-state index contributed by atoms with van der Waals surface area (Å²) in [7, 11) is 0. The van der Waals surface area contributed by atoms with Gasteiger partial charge in [-0.3, -0.25) is 19.3 Å². The van der Waals surface area contributed by atoms with Crippen LogP contribution < -0.4 is 5.56 Å². The van der Waals surface area contributed by atoms with Crippen LogP contribution in [0.2, 0.25) is 0 Å². The van der Waals surface area contributed by atoms with Gasteiger partial charge in [0, 0.05) is 29.9 Å². The molecule has 0 saturated heterocycles. The molecule has 0 spiro atoms. The van der Waals surface area contributed by atoms with Gasteiger partial charge in [0.2, 0.25) is 0 Å². The molecule has 0 radical (unpaired) electrons. The third-order valence-corrected chi connectivity index (χ3v) is 6.60. The first-order valence-electron chi connectivity index (χ1n) is 11.4. The van der Waals surface area contributed by atoms with Crippen LogP contribution in [0.4, 0.5) is 0 Å². The van der Waals surface area contributed by atoms with E-state index in [1.165, 1.54) is 0 Å². The zero-order valence-corrected chi connectivity index (χ0v) is 18.5. The van der Waals surface area contributed by atoms with Crippen LogP contribution in [0.15, 0.2) is 53.8 Å². The fourth-order valence-corrected chi connectivity index (χ4v) is 4.81. The van der Waals surface area contributed by atoms with E-state index in [1.54, 1.807) is 17.1 Å². The van der Waals surface area contributed by atoms with E-state index in [4.69, 9.17) is 0 Å². The number of aliphatic hydroxyl groups is 1. The third kappa shape index (κ3) is 3.69. The first-order chi connectivity index (χ1) is 15.5. The number of nitrogens with zero attached hydrogens (tertiary/aromatic N) is 4. The molecule has 0 aliphatic heterocycles. The van der Waals surface area contributed by atoms with E-state index in [2.05, 4.69) is 40.9 Å². The quantitative estimate of drug-likeness (QED) is 0.483. The van der Waals surface area contributed by atoms with Gasteiger partial charge in [-0.05, 0) is 54.2 Å². The van der Waals surface area contributed by atoms with Gasteiger partial charge in [-0.25, -0.2) is 4.98 Å². The predicted octanol–water partition coefficient (Wildman–Crippen LogP) is 4.53. The summed E-state index contributed by atoms with van der Waals surface area (Å²) in [5, 5.41) is 11.9.